The summed E-state index contributed by atoms with van der Waals surface area (Å²) >= 11 is 13.0. The van der Waals surface area contributed by atoms with Crippen molar-refractivity contribution in [1.29, 1.82) is 0 Å². The fourth-order valence-electron chi connectivity index (χ4n) is 2.62. The van der Waals surface area contributed by atoms with Crippen molar-refractivity contribution in [3.63, 3.8) is 0 Å². The molecule has 1 N–H and O–H groups in total. The lowest BCUT2D eigenvalue weighted by molar-refractivity contribution is -0.118. The molecule has 0 unspecified atom stereocenters. The molecule has 1 aromatic heterocycles. The van der Waals surface area contributed by atoms with E-state index >= 15 is 0 Å². The summed E-state index contributed by atoms with van der Waals surface area (Å²) in [6.45, 7) is 2.14. The fourth-order valence-corrected chi connectivity index (χ4v) is 3.65. The summed E-state index contributed by atoms with van der Waals surface area (Å²) in [7, 11) is 0. The van der Waals surface area contributed by atoms with Crippen LogP contribution in [0.25, 0.3) is 0 Å². The van der Waals surface area contributed by atoms with Gasteiger partial charge in [0, 0.05) is 10.6 Å². The maximum Gasteiger partial charge on any atom is 0.277 e. The molecule has 2 aromatic carbocycles. The highest BCUT2D eigenvalue weighted by Gasteiger charge is 2.15. The Morgan fingerprint density at radius 1 is 1.25 bits per heavy atom. The maximum absolute atomic E-state index is 12.0. The summed E-state index contributed by atoms with van der Waals surface area (Å²) in [6.07, 6.45) is 1.55. The highest BCUT2D eigenvalue weighted by Crippen LogP contribution is 2.34. The number of benzene rings is 2. The predicted molar refractivity (Wildman–Crippen MR) is 119 cm³/mol. The third-order valence-corrected chi connectivity index (χ3v) is 5.52. The SMILES string of the molecule is Cc1cc2c(cc1/C=N\NC(=O)CSc1nnc(COc3ccc(Cl)cc3Cl)o1)OCO2. The molecule has 9 nitrogen and oxygen atoms in total. The summed E-state index contributed by atoms with van der Waals surface area (Å²) in [5, 5.41) is 12.9. The second kappa shape index (κ2) is 10.1. The lowest BCUT2D eigenvalue weighted by Crippen LogP contribution is -2.19. The van der Waals surface area contributed by atoms with Gasteiger partial charge < -0.3 is 18.6 Å². The predicted octanol–water partition coefficient (Wildman–Crippen LogP) is 4.23. The second-order valence-electron chi connectivity index (χ2n) is 6.47. The Balaban J connectivity index is 1.23. The number of nitrogens with zero attached hydrogens (tertiary/aromatic N) is 3. The molecule has 0 fully saturated rings. The Morgan fingerprint density at radius 3 is 2.88 bits per heavy atom. The van der Waals surface area contributed by atoms with Crippen molar-refractivity contribution in [2.45, 2.75) is 18.8 Å². The van der Waals surface area contributed by atoms with E-state index in [1.807, 2.05) is 13.0 Å². The maximum atomic E-state index is 12.0. The van der Waals surface area contributed by atoms with Crippen molar-refractivity contribution in [3.05, 3.63) is 57.4 Å². The molecule has 166 valence electrons. The van der Waals surface area contributed by atoms with Gasteiger partial charge in [-0.15, -0.1) is 10.2 Å². The van der Waals surface area contributed by atoms with Crippen molar-refractivity contribution >= 4 is 47.1 Å². The van der Waals surface area contributed by atoms with Crippen molar-refractivity contribution < 1.29 is 23.4 Å². The molecule has 32 heavy (non-hydrogen) atoms. The monoisotopic (exact) mass is 494 g/mol. The van der Waals surface area contributed by atoms with E-state index in [0.29, 0.717) is 27.3 Å². The molecule has 2 heterocycles. The third-order valence-electron chi connectivity index (χ3n) is 4.17. The number of hydrogen-bond acceptors (Lipinski definition) is 9. The highest BCUT2D eigenvalue weighted by atomic mass is 35.5. The highest BCUT2D eigenvalue weighted by molar-refractivity contribution is 7.99. The van der Waals surface area contributed by atoms with Gasteiger partial charge in [0.05, 0.1) is 17.0 Å². The number of hydrazone groups is 1. The first-order valence-electron chi connectivity index (χ1n) is 9.23. The Labute approximate surface area is 197 Å². The average molecular weight is 495 g/mol. The Kier molecular flexibility index (Phi) is 7.03. The summed E-state index contributed by atoms with van der Waals surface area (Å²) < 4.78 is 21.7. The van der Waals surface area contributed by atoms with Crippen LogP contribution in [0, 0.1) is 6.92 Å². The fraction of sp³-hybridized carbons (Fsp3) is 0.200. The molecule has 0 spiro atoms. The minimum absolute atomic E-state index is 0.0281. The molecule has 12 heteroatoms. The van der Waals surface area contributed by atoms with E-state index in [1.165, 1.54) is 0 Å². The molecule has 0 aliphatic carbocycles. The number of carbonyl (C=O) groups is 1. The Morgan fingerprint density at radius 2 is 2.06 bits per heavy atom. The van der Waals surface area contributed by atoms with Crippen LogP contribution in [0.2, 0.25) is 10.0 Å². The molecular formula is C20H16Cl2N4O5S. The zero-order valence-corrected chi connectivity index (χ0v) is 19.0. The first-order valence-corrected chi connectivity index (χ1v) is 11.0. The molecule has 0 atom stereocenters. The molecule has 1 aliphatic rings. The zero-order valence-electron chi connectivity index (χ0n) is 16.6. The molecule has 0 saturated carbocycles. The molecule has 3 aromatic rings. The van der Waals surface area contributed by atoms with Gasteiger partial charge in [0.15, 0.2) is 18.1 Å². The Bertz CT molecular complexity index is 1170. The van der Waals surface area contributed by atoms with Crippen LogP contribution in [0.3, 0.4) is 0 Å². The van der Waals surface area contributed by atoms with E-state index in [2.05, 4.69) is 20.7 Å². The quantitative estimate of drug-likeness (QED) is 0.281. The minimum atomic E-state index is -0.325. The molecule has 0 bridgehead atoms. The number of thioether (sulfide) groups is 1. The first-order chi connectivity index (χ1) is 15.5. The number of fused-ring (bicyclic) bond motifs is 1. The number of amides is 1. The van der Waals surface area contributed by atoms with E-state index in [0.717, 1.165) is 22.9 Å². The number of nitrogens with one attached hydrogen (secondary N) is 1. The molecule has 0 saturated heterocycles. The van der Waals surface area contributed by atoms with Crippen molar-refractivity contribution in [1.82, 2.24) is 15.6 Å². The van der Waals surface area contributed by atoms with E-state index in [-0.39, 0.29) is 36.2 Å². The number of ether oxygens (including phenoxy) is 3. The van der Waals surface area contributed by atoms with Gasteiger partial charge in [0.25, 0.3) is 17.0 Å². The van der Waals surface area contributed by atoms with E-state index in [1.54, 1.807) is 30.5 Å². The normalized spacial score (nSPS) is 12.3. The number of hydrogen-bond donors (Lipinski definition) is 1. The van der Waals surface area contributed by atoms with Crippen LogP contribution in [0.5, 0.6) is 17.2 Å². The lowest BCUT2D eigenvalue weighted by atomic mass is 10.1. The van der Waals surface area contributed by atoms with Crippen LogP contribution in [0.15, 0.2) is 45.1 Å². The summed E-state index contributed by atoms with van der Waals surface area (Å²) in [6, 6.07) is 8.54. The molecular weight excluding hydrogens is 479 g/mol. The van der Waals surface area contributed by atoms with Crippen LogP contribution >= 0.6 is 35.0 Å². The van der Waals surface area contributed by atoms with Crippen LogP contribution in [0.1, 0.15) is 17.0 Å². The van der Waals surface area contributed by atoms with E-state index in [9.17, 15) is 4.79 Å². The largest absolute Gasteiger partial charge is 0.482 e. The van der Waals surface area contributed by atoms with Gasteiger partial charge in [0.2, 0.25) is 6.79 Å². The molecule has 1 amide bonds. The van der Waals surface area contributed by atoms with Crippen molar-refractivity contribution in [2.75, 3.05) is 12.5 Å². The number of carbonyl (C=O) groups excluding carboxylic acids is 1. The van der Waals surface area contributed by atoms with Gasteiger partial charge >= 0.3 is 0 Å². The van der Waals surface area contributed by atoms with Crippen molar-refractivity contribution in [3.8, 4) is 17.2 Å². The van der Waals surface area contributed by atoms with Gasteiger partial charge in [-0.25, -0.2) is 5.43 Å². The summed E-state index contributed by atoms with van der Waals surface area (Å²) in [4.78, 5) is 12.0. The van der Waals surface area contributed by atoms with Gasteiger partial charge in [-0.2, -0.15) is 5.10 Å². The first kappa shape index (κ1) is 22.3. The van der Waals surface area contributed by atoms with Crippen molar-refractivity contribution in [2.24, 2.45) is 5.10 Å². The van der Waals surface area contributed by atoms with Crippen LogP contribution in [0.4, 0.5) is 0 Å². The molecule has 1 aliphatic heterocycles. The van der Waals surface area contributed by atoms with Gasteiger partial charge in [-0.05, 0) is 42.8 Å². The number of rotatable bonds is 8. The Hall–Kier alpha value is -2.95. The summed E-state index contributed by atoms with van der Waals surface area (Å²) in [5.41, 5.74) is 4.21. The van der Waals surface area contributed by atoms with E-state index < -0.39 is 0 Å². The smallest absolute Gasteiger partial charge is 0.277 e. The third kappa shape index (κ3) is 5.64. The van der Waals surface area contributed by atoms with Gasteiger partial charge in [-0.3, -0.25) is 4.79 Å². The summed E-state index contributed by atoms with van der Waals surface area (Å²) in [5.74, 6) is 1.75. The van der Waals surface area contributed by atoms with Crippen LogP contribution in [-0.4, -0.2) is 34.9 Å². The van der Waals surface area contributed by atoms with Crippen LogP contribution in [-0.2, 0) is 11.4 Å². The number of aromatic nitrogens is 2. The van der Waals surface area contributed by atoms with Crippen LogP contribution < -0.4 is 19.6 Å². The van der Waals surface area contributed by atoms with Gasteiger partial charge in [0.1, 0.15) is 5.75 Å². The number of halogens is 2. The zero-order chi connectivity index (χ0) is 22.5. The average Bonchev–Trinajstić information content (AvgIpc) is 3.40. The standard InChI is InChI=1S/C20H16Cl2N4O5S/c1-11-4-16-17(30-10-29-16)5-12(11)7-23-24-18(27)9-32-20-26-25-19(31-20)8-28-15-3-2-13(21)6-14(15)22/h2-7H,8-10H2,1H3,(H,24,27)/b23-7-. The minimum Gasteiger partial charge on any atom is -0.482 e. The number of aryl methyl sites for hydroxylation is 1. The van der Waals surface area contributed by atoms with Gasteiger partial charge in [-0.1, -0.05) is 35.0 Å². The lowest BCUT2D eigenvalue weighted by Gasteiger charge is -2.05. The molecule has 0 radical (unpaired) electrons. The second-order valence-corrected chi connectivity index (χ2v) is 8.24. The topological polar surface area (TPSA) is 108 Å². The molecule has 4 rings (SSSR count). The van der Waals surface area contributed by atoms with E-state index in [4.69, 9.17) is 41.8 Å².